The van der Waals surface area contributed by atoms with E-state index in [1.807, 2.05) is 25.1 Å². The highest BCUT2D eigenvalue weighted by Crippen LogP contribution is 2.38. The number of fused-ring (bicyclic) bond motifs is 1. The van der Waals surface area contributed by atoms with Crippen molar-refractivity contribution < 1.29 is 9.47 Å². The smallest absolute Gasteiger partial charge is 0.166 e. The monoisotopic (exact) mass is 305 g/mol. The Balaban J connectivity index is 1.89. The molecule has 0 saturated carbocycles. The predicted octanol–water partition coefficient (Wildman–Crippen LogP) is 2.28. The van der Waals surface area contributed by atoms with Crippen LogP contribution in [-0.4, -0.2) is 18.2 Å². The standard InChI is InChI=1S/C15H19N3O2S/c1-9-10(2)21-14(17-9)8-12(18-16)11-4-3-5-13-15(11)20-7-6-19-13/h3-5,12,18H,6-8,16H2,1-2H3. The molecule has 0 radical (unpaired) electrons. The first-order valence-corrected chi connectivity index (χ1v) is 7.78. The first-order chi connectivity index (χ1) is 10.2. The molecule has 2 heterocycles. The van der Waals surface area contributed by atoms with Gasteiger partial charge in [0.25, 0.3) is 0 Å². The first-order valence-electron chi connectivity index (χ1n) is 6.96. The summed E-state index contributed by atoms with van der Waals surface area (Å²) >= 11 is 1.71. The molecule has 1 atom stereocenters. The summed E-state index contributed by atoms with van der Waals surface area (Å²) in [4.78, 5) is 5.83. The number of thiazole rings is 1. The predicted molar refractivity (Wildman–Crippen MR) is 82.8 cm³/mol. The van der Waals surface area contributed by atoms with E-state index in [2.05, 4.69) is 17.3 Å². The summed E-state index contributed by atoms with van der Waals surface area (Å²) in [5, 5.41) is 1.07. The molecule has 2 aromatic rings. The lowest BCUT2D eigenvalue weighted by molar-refractivity contribution is 0.168. The third kappa shape index (κ3) is 2.88. The molecule has 0 bridgehead atoms. The van der Waals surface area contributed by atoms with Crippen LogP contribution >= 0.6 is 11.3 Å². The number of benzene rings is 1. The molecule has 0 fully saturated rings. The lowest BCUT2D eigenvalue weighted by Crippen LogP contribution is -2.30. The van der Waals surface area contributed by atoms with Crippen molar-refractivity contribution in [1.82, 2.24) is 10.4 Å². The summed E-state index contributed by atoms with van der Waals surface area (Å²) in [5.41, 5.74) is 4.97. The van der Waals surface area contributed by atoms with Crippen molar-refractivity contribution in [2.45, 2.75) is 26.3 Å². The van der Waals surface area contributed by atoms with E-state index in [0.717, 1.165) is 34.2 Å². The van der Waals surface area contributed by atoms with Crippen LogP contribution in [0.1, 0.15) is 27.2 Å². The van der Waals surface area contributed by atoms with Crippen LogP contribution in [0.3, 0.4) is 0 Å². The molecular formula is C15H19N3O2S. The minimum atomic E-state index is -0.0494. The lowest BCUT2D eigenvalue weighted by Gasteiger charge is -2.24. The minimum Gasteiger partial charge on any atom is -0.486 e. The van der Waals surface area contributed by atoms with Gasteiger partial charge in [0.05, 0.1) is 16.7 Å². The van der Waals surface area contributed by atoms with E-state index >= 15 is 0 Å². The highest BCUT2D eigenvalue weighted by Gasteiger charge is 2.22. The number of hydrogen-bond donors (Lipinski definition) is 2. The number of aromatic nitrogens is 1. The van der Waals surface area contributed by atoms with Crippen LogP contribution in [0.25, 0.3) is 0 Å². The number of nitrogens with one attached hydrogen (secondary N) is 1. The Kier molecular flexibility index (Phi) is 4.10. The van der Waals surface area contributed by atoms with Crippen LogP contribution in [0.5, 0.6) is 11.5 Å². The third-order valence-corrected chi connectivity index (χ3v) is 4.72. The van der Waals surface area contributed by atoms with Gasteiger partial charge in [0.1, 0.15) is 13.2 Å². The zero-order chi connectivity index (χ0) is 14.8. The molecule has 5 nitrogen and oxygen atoms in total. The zero-order valence-corrected chi connectivity index (χ0v) is 13.0. The Morgan fingerprint density at radius 1 is 1.33 bits per heavy atom. The van der Waals surface area contributed by atoms with Crippen molar-refractivity contribution in [3.63, 3.8) is 0 Å². The summed E-state index contributed by atoms with van der Waals surface area (Å²) in [6, 6.07) is 5.85. The average Bonchev–Trinajstić information content (AvgIpc) is 2.82. The van der Waals surface area contributed by atoms with Gasteiger partial charge in [-0.1, -0.05) is 12.1 Å². The maximum absolute atomic E-state index is 5.77. The molecule has 1 aliphatic rings. The molecule has 1 aliphatic heterocycles. The Labute approximate surface area is 128 Å². The fourth-order valence-corrected chi connectivity index (χ4v) is 3.41. The number of nitrogens with zero attached hydrogens (tertiary/aromatic N) is 1. The van der Waals surface area contributed by atoms with Gasteiger partial charge >= 0.3 is 0 Å². The maximum Gasteiger partial charge on any atom is 0.166 e. The number of ether oxygens (including phenoxy) is 2. The molecule has 3 N–H and O–H groups in total. The number of aryl methyl sites for hydroxylation is 2. The molecule has 6 heteroatoms. The molecule has 112 valence electrons. The van der Waals surface area contributed by atoms with Crippen LogP contribution in [-0.2, 0) is 6.42 Å². The van der Waals surface area contributed by atoms with Crippen molar-refractivity contribution in [2.24, 2.45) is 5.84 Å². The van der Waals surface area contributed by atoms with E-state index in [-0.39, 0.29) is 6.04 Å². The molecule has 1 aromatic heterocycles. The quantitative estimate of drug-likeness (QED) is 0.670. The van der Waals surface area contributed by atoms with Gasteiger partial charge in [-0.2, -0.15) is 0 Å². The van der Waals surface area contributed by atoms with Crippen LogP contribution < -0.4 is 20.7 Å². The van der Waals surface area contributed by atoms with E-state index in [4.69, 9.17) is 15.3 Å². The Morgan fingerprint density at radius 2 is 2.14 bits per heavy atom. The van der Waals surface area contributed by atoms with Crippen LogP contribution in [0.2, 0.25) is 0 Å². The first kappa shape index (κ1) is 14.3. The Hall–Kier alpha value is -1.63. The average molecular weight is 305 g/mol. The van der Waals surface area contributed by atoms with E-state index in [0.29, 0.717) is 13.2 Å². The second-order valence-corrected chi connectivity index (χ2v) is 6.33. The zero-order valence-electron chi connectivity index (χ0n) is 12.2. The summed E-state index contributed by atoms with van der Waals surface area (Å²) in [7, 11) is 0. The molecule has 0 spiro atoms. The van der Waals surface area contributed by atoms with Crippen LogP contribution in [0.15, 0.2) is 18.2 Å². The van der Waals surface area contributed by atoms with Crippen LogP contribution in [0.4, 0.5) is 0 Å². The largest absolute Gasteiger partial charge is 0.486 e. The molecular weight excluding hydrogens is 286 g/mol. The molecule has 1 aromatic carbocycles. The van der Waals surface area contributed by atoms with E-state index in [1.165, 1.54) is 4.88 Å². The van der Waals surface area contributed by atoms with Gasteiger partial charge in [-0.15, -0.1) is 11.3 Å². The van der Waals surface area contributed by atoms with Crippen LogP contribution in [0, 0.1) is 13.8 Å². The van der Waals surface area contributed by atoms with Gasteiger partial charge in [-0.05, 0) is 19.9 Å². The lowest BCUT2D eigenvalue weighted by atomic mass is 10.0. The third-order valence-electron chi connectivity index (χ3n) is 3.62. The summed E-state index contributed by atoms with van der Waals surface area (Å²) in [6.45, 7) is 5.27. The van der Waals surface area contributed by atoms with Crippen molar-refractivity contribution in [1.29, 1.82) is 0 Å². The van der Waals surface area contributed by atoms with E-state index in [9.17, 15) is 0 Å². The van der Waals surface area contributed by atoms with Gasteiger partial charge in [0.2, 0.25) is 0 Å². The molecule has 1 unspecified atom stereocenters. The summed E-state index contributed by atoms with van der Waals surface area (Å²) < 4.78 is 11.4. The molecule has 0 amide bonds. The van der Waals surface area contributed by atoms with E-state index in [1.54, 1.807) is 11.3 Å². The van der Waals surface area contributed by atoms with Gasteiger partial charge < -0.3 is 9.47 Å². The highest BCUT2D eigenvalue weighted by molar-refractivity contribution is 7.11. The number of rotatable bonds is 4. The summed E-state index contributed by atoms with van der Waals surface area (Å²) in [6.07, 6.45) is 0.732. The van der Waals surface area contributed by atoms with Gasteiger partial charge in [-0.25, -0.2) is 4.98 Å². The molecule has 21 heavy (non-hydrogen) atoms. The van der Waals surface area contributed by atoms with Gasteiger partial charge in [0.15, 0.2) is 11.5 Å². The van der Waals surface area contributed by atoms with E-state index < -0.39 is 0 Å². The normalized spacial score (nSPS) is 15.0. The molecule has 3 rings (SSSR count). The SMILES string of the molecule is Cc1nc(CC(NN)c2cccc3c2OCCO3)sc1C. The molecule has 0 saturated heterocycles. The van der Waals surface area contributed by atoms with Crippen molar-refractivity contribution in [2.75, 3.05) is 13.2 Å². The van der Waals surface area contributed by atoms with Crippen molar-refractivity contribution in [3.05, 3.63) is 39.3 Å². The van der Waals surface area contributed by atoms with Gasteiger partial charge in [-0.3, -0.25) is 11.3 Å². The second kappa shape index (κ2) is 6.01. The number of para-hydroxylation sites is 1. The highest BCUT2D eigenvalue weighted by atomic mass is 32.1. The second-order valence-electron chi connectivity index (χ2n) is 5.04. The molecule has 0 aliphatic carbocycles. The van der Waals surface area contributed by atoms with Crippen molar-refractivity contribution >= 4 is 11.3 Å². The van der Waals surface area contributed by atoms with Crippen molar-refractivity contribution in [3.8, 4) is 11.5 Å². The summed E-state index contributed by atoms with van der Waals surface area (Å²) in [5.74, 6) is 7.33. The Morgan fingerprint density at radius 3 is 2.86 bits per heavy atom. The number of hydrazine groups is 1. The Bertz CT molecular complexity index is 622. The fourth-order valence-electron chi connectivity index (χ4n) is 2.43. The van der Waals surface area contributed by atoms with Gasteiger partial charge in [0, 0.05) is 16.9 Å². The number of hydrogen-bond acceptors (Lipinski definition) is 6. The topological polar surface area (TPSA) is 69.4 Å². The fraction of sp³-hybridized carbons (Fsp3) is 0.400. The minimum absolute atomic E-state index is 0.0494. The number of nitrogens with two attached hydrogens (primary N) is 1. The maximum atomic E-state index is 5.77.